The summed E-state index contributed by atoms with van der Waals surface area (Å²) in [6, 6.07) is 26.7. The van der Waals surface area contributed by atoms with Gasteiger partial charge in [0, 0.05) is 35.6 Å². The molecule has 1 amide bonds. The van der Waals surface area contributed by atoms with Gasteiger partial charge < -0.3 is 9.47 Å². The summed E-state index contributed by atoms with van der Waals surface area (Å²) in [6.45, 7) is 1.51. The third-order valence-electron chi connectivity index (χ3n) is 5.78. The molecule has 2 heterocycles. The van der Waals surface area contributed by atoms with Crippen molar-refractivity contribution < 1.29 is 4.79 Å². The van der Waals surface area contributed by atoms with E-state index in [1.54, 1.807) is 0 Å². The largest absolute Gasteiger partial charge is 0.327 e. The van der Waals surface area contributed by atoms with Gasteiger partial charge in [-0.3, -0.25) is 4.79 Å². The van der Waals surface area contributed by atoms with Crippen LogP contribution in [0, 0.1) is 0 Å². The highest BCUT2D eigenvalue weighted by atomic mass is 79.9. The summed E-state index contributed by atoms with van der Waals surface area (Å²) in [5, 5.41) is 0. The number of carbonyl (C=O) groups excluding carboxylic acids is 1. The number of amides is 1. The quantitative estimate of drug-likeness (QED) is 0.391. The van der Waals surface area contributed by atoms with Crippen molar-refractivity contribution in [2.24, 2.45) is 0 Å². The first-order valence-corrected chi connectivity index (χ1v) is 11.0. The van der Waals surface area contributed by atoms with Crippen LogP contribution in [0.4, 0.5) is 5.69 Å². The van der Waals surface area contributed by atoms with Gasteiger partial charge in [0.1, 0.15) is 5.82 Å². The van der Waals surface area contributed by atoms with Gasteiger partial charge in [0.2, 0.25) is 5.91 Å². The molecule has 5 heteroatoms. The lowest BCUT2D eigenvalue weighted by Gasteiger charge is -2.17. The Morgan fingerprint density at radius 2 is 1.67 bits per heavy atom. The smallest absolute Gasteiger partial charge is 0.227 e. The first kappa shape index (κ1) is 19.1. The van der Waals surface area contributed by atoms with Gasteiger partial charge in [-0.25, -0.2) is 4.98 Å². The molecule has 0 aliphatic carbocycles. The molecule has 30 heavy (non-hydrogen) atoms. The molecule has 5 rings (SSSR count). The Morgan fingerprint density at radius 3 is 2.47 bits per heavy atom. The second kappa shape index (κ2) is 8.07. The number of anilines is 1. The highest BCUT2D eigenvalue weighted by molar-refractivity contribution is 9.10. The van der Waals surface area contributed by atoms with Crippen molar-refractivity contribution in [1.82, 2.24) is 9.55 Å². The van der Waals surface area contributed by atoms with Crippen molar-refractivity contribution in [1.29, 1.82) is 0 Å². The van der Waals surface area contributed by atoms with Gasteiger partial charge >= 0.3 is 0 Å². The second-order valence-corrected chi connectivity index (χ2v) is 8.64. The van der Waals surface area contributed by atoms with Crippen LogP contribution >= 0.6 is 15.9 Å². The number of hydrogen-bond donors (Lipinski definition) is 0. The molecular formula is C25H22BrN3O. The number of aromatic nitrogens is 2. The third kappa shape index (κ3) is 3.65. The first-order valence-electron chi connectivity index (χ1n) is 10.2. The maximum Gasteiger partial charge on any atom is 0.227 e. The minimum atomic E-state index is 0.0873. The summed E-state index contributed by atoms with van der Waals surface area (Å²) >= 11 is 3.47. The standard InChI is InChI=1S/C25H22BrN3O/c26-20-10-12-21(13-11-20)29-17-19(16-24(29)30)25-27-22-8-4-5-9-23(22)28(25)15-14-18-6-2-1-3-7-18/h1-13,19H,14-17H2. The molecule has 4 nitrogen and oxygen atoms in total. The highest BCUT2D eigenvalue weighted by Gasteiger charge is 2.34. The van der Waals surface area contributed by atoms with Crippen LogP contribution in [0.1, 0.15) is 23.7 Å². The van der Waals surface area contributed by atoms with E-state index in [9.17, 15) is 4.79 Å². The van der Waals surface area contributed by atoms with Crippen molar-refractivity contribution >= 4 is 38.6 Å². The maximum atomic E-state index is 12.8. The molecule has 1 unspecified atom stereocenters. The Balaban J connectivity index is 1.46. The fraction of sp³-hybridized carbons (Fsp3) is 0.200. The molecule has 1 aliphatic rings. The fourth-order valence-corrected chi connectivity index (χ4v) is 4.54. The normalized spacial score (nSPS) is 16.5. The molecule has 0 radical (unpaired) electrons. The SMILES string of the molecule is O=C1CC(c2nc3ccccc3n2CCc2ccccc2)CN1c1ccc(Br)cc1. The van der Waals surface area contributed by atoms with Crippen LogP contribution in [0.2, 0.25) is 0 Å². The van der Waals surface area contributed by atoms with E-state index in [1.165, 1.54) is 5.56 Å². The molecule has 1 saturated heterocycles. The molecule has 1 aromatic heterocycles. The monoisotopic (exact) mass is 459 g/mol. The molecule has 1 aliphatic heterocycles. The molecule has 0 spiro atoms. The summed E-state index contributed by atoms with van der Waals surface area (Å²) in [4.78, 5) is 19.7. The van der Waals surface area contributed by atoms with Crippen LogP contribution in [0.15, 0.2) is 83.3 Å². The number of carbonyl (C=O) groups is 1. The van der Waals surface area contributed by atoms with Crippen molar-refractivity contribution in [2.45, 2.75) is 25.3 Å². The Kier molecular flexibility index (Phi) is 5.13. The van der Waals surface area contributed by atoms with Gasteiger partial charge in [0.15, 0.2) is 0 Å². The highest BCUT2D eigenvalue weighted by Crippen LogP contribution is 2.33. The van der Waals surface area contributed by atoms with E-state index in [-0.39, 0.29) is 11.8 Å². The number of benzene rings is 3. The lowest BCUT2D eigenvalue weighted by Crippen LogP contribution is -2.24. The van der Waals surface area contributed by atoms with Crippen LogP contribution in [0.3, 0.4) is 0 Å². The third-order valence-corrected chi connectivity index (χ3v) is 6.31. The zero-order valence-corrected chi connectivity index (χ0v) is 18.1. The van der Waals surface area contributed by atoms with Crippen molar-refractivity contribution in [3.05, 3.63) is 94.7 Å². The number of hydrogen-bond acceptors (Lipinski definition) is 2. The van der Waals surface area contributed by atoms with E-state index in [4.69, 9.17) is 4.98 Å². The summed E-state index contributed by atoms with van der Waals surface area (Å²) in [5.41, 5.74) is 4.38. The van der Waals surface area contributed by atoms with Gasteiger partial charge in [-0.15, -0.1) is 0 Å². The maximum absolute atomic E-state index is 12.8. The number of fused-ring (bicyclic) bond motifs is 1. The predicted octanol–water partition coefficient (Wildman–Crippen LogP) is 5.56. The van der Waals surface area contributed by atoms with Crippen LogP contribution in [-0.4, -0.2) is 22.0 Å². The average molecular weight is 460 g/mol. The van der Waals surface area contributed by atoms with E-state index < -0.39 is 0 Å². The lowest BCUT2D eigenvalue weighted by molar-refractivity contribution is -0.117. The summed E-state index contributed by atoms with van der Waals surface area (Å²) in [5.74, 6) is 1.26. The van der Waals surface area contributed by atoms with Crippen LogP contribution in [0.5, 0.6) is 0 Å². The second-order valence-electron chi connectivity index (χ2n) is 7.73. The summed E-state index contributed by atoms with van der Waals surface area (Å²) < 4.78 is 3.32. The van der Waals surface area contributed by atoms with Gasteiger partial charge in [-0.1, -0.05) is 58.4 Å². The zero-order valence-electron chi connectivity index (χ0n) is 16.5. The van der Waals surface area contributed by atoms with Crippen molar-refractivity contribution in [3.63, 3.8) is 0 Å². The lowest BCUT2D eigenvalue weighted by atomic mass is 10.1. The molecule has 150 valence electrons. The number of imidazole rings is 1. The minimum Gasteiger partial charge on any atom is -0.327 e. The Hall–Kier alpha value is -2.92. The van der Waals surface area contributed by atoms with Crippen LogP contribution < -0.4 is 4.90 Å². The number of para-hydroxylation sites is 2. The van der Waals surface area contributed by atoms with Gasteiger partial charge in [-0.05, 0) is 48.4 Å². The van der Waals surface area contributed by atoms with E-state index in [0.717, 1.165) is 40.0 Å². The molecule has 4 aromatic rings. The summed E-state index contributed by atoms with van der Waals surface area (Å²) in [7, 11) is 0. The predicted molar refractivity (Wildman–Crippen MR) is 124 cm³/mol. The van der Waals surface area contributed by atoms with E-state index in [0.29, 0.717) is 13.0 Å². The average Bonchev–Trinajstić information content (AvgIpc) is 3.34. The molecule has 0 bridgehead atoms. The molecule has 0 N–H and O–H groups in total. The van der Waals surface area contributed by atoms with Crippen molar-refractivity contribution in [3.8, 4) is 0 Å². The number of halogens is 1. The van der Waals surface area contributed by atoms with Crippen molar-refractivity contribution in [2.75, 3.05) is 11.4 Å². The minimum absolute atomic E-state index is 0.0873. The van der Waals surface area contributed by atoms with E-state index in [1.807, 2.05) is 41.3 Å². The van der Waals surface area contributed by atoms with Gasteiger partial charge in [-0.2, -0.15) is 0 Å². The topological polar surface area (TPSA) is 38.1 Å². The molecular weight excluding hydrogens is 438 g/mol. The van der Waals surface area contributed by atoms with Crippen LogP contribution in [0.25, 0.3) is 11.0 Å². The molecule has 1 atom stereocenters. The Labute approximate surface area is 184 Å². The Bertz CT molecular complexity index is 1180. The van der Waals surface area contributed by atoms with E-state index >= 15 is 0 Å². The zero-order chi connectivity index (χ0) is 20.5. The van der Waals surface area contributed by atoms with Gasteiger partial charge in [0.25, 0.3) is 0 Å². The molecule has 3 aromatic carbocycles. The fourth-order valence-electron chi connectivity index (χ4n) is 4.28. The first-order chi connectivity index (χ1) is 14.7. The van der Waals surface area contributed by atoms with Gasteiger partial charge in [0.05, 0.1) is 11.0 Å². The number of rotatable bonds is 5. The summed E-state index contributed by atoms with van der Waals surface area (Å²) in [6.07, 6.45) is 1.43. The van der Waals surface area contributed by atoms with Crippen LogP contribution in [-0.2, 0) is 17.8 Å². The Morgan fingerprint density at radius 1 is 0.933 bits per heavy atom. The number of nitrogens with zero attached hydrogens (tertiary/aromatic N) is 3. The van der Waals surface area contributed by atoms with E-state index in [2.05, 4.69) is 63.0 Å². The number of aryl methyl sites for hydroxylation is 2. The molecule has 0 saturated carbocycles. The molecule has 1 fully saturated rings.